The fourth-order valence-electron chi connectivity index (χ4n) is 1.60. The molecule has 72 valence electrons. The number of ether oxygens (including phenoxy) is 1. The van der Waals surface area contributed by atoms with E-state index in [1.807, 2.05) is 0 Å². The average molecular weight is 183 g/mol. The zero-order valence-electron chi connectivity index (χ0n) is 7.83. The molecule has 1 aromatic rings. The normalized spacial score (nSPS) is 27.8. The first kappa shape index (κ1) is 8.50. The molecule has 0 saturated carbocycles. The number of nitrogens with zero attached hydrogens (tertiary/aromatic N) is 2. The van der Waals surface area contributed by atoms with Gasteiger partial charge in [0.15, 0.2) is 5.82 Å². The number of aromatic nitrogens is 2. The van der Waals surface area contributed by atoms with Gasteiger partial charge in [-0.3, -0.25) is 4.52 Å². The van der Waals surface area contributed by atoms with E-state index in [4.69, 9.17) is 9.26 Å². The summed E-state index contributed by atoms with van der Waals surface area (Å²) in [5, 5.41) is 7.21. The van der Waals surface area contributed by atoms with Crippen molar-refractivity contribution in [3.8, 4) is 6.08 Å². The lowest BCUT2D eigenvalue weighted by atomic mass is 10.00. The van der Waals surface area contributed by atoms with E-state index in [1.165, 1.54) is 7.11 Å². The Morgan fingerprint density at radius 2 is 2.46 bits per heavy atom. The van der Waals surface area contributed by atoms with Crippen LogP contribution in [0.5, 0.6) is 6.08 Å². The van der Waals surface area contributed by atoms with Gasteiger partial charge < -0.3 is 10.1 Å². The highest BCUT2D eigenvalue weighted by molar-refractivity contribution is 5.07. The van der Waals surface area contributed by atoms with Gasteiger partial charge in [-0.25, -0.2) is 0 Å². The van der Waals surface area contributed by atoms with E-state index in [9.17, 15) is 0 Å². The van der Waals surface area contributed by atoms with Gasteiger partial charge in [0.1, 0.15) is 0 Å². The minimum atomic E-state index is -0.139. The Hall–Kier alpha value is -1.10. The smallest absolute Gasteiger partial charge is 0.417 e. The molecule has 0 aliphatic carbocycles. The lowest BCUT2D eigenvalue weighted by Crippen LogP contribution is -2.34. The fourth-order valence-corrected chi connectivity index (χ4v) is 1.60. The second kappa shape index (κ2) is 2.99. The first-order chi connectivity index (χ1) is 6.24. The molecule has 5 nitrogen and oxygen atoms in total. The molecule has 1 fully saturated rings. The minimum Gasteiger partial charge on any atom is -0.452 e. The molecule has 1 aromatic heterocycles. The highest BCUT2D eigenvalue weighted by Crippen LogP contribution is 2.28. The van der Waals surface area contributed by atoms with Crippen LogP contribution in [0.3, 0.4) is 0 Å². The Kier molecular flexibility index (Phi) is 1.95. The van der Waals surface area contributed by atoms with Crippen molar-refractivity contribution < 1.29 is 9.26 Å². The Bertz CT molecular complexity index is 291. The quantitative estimate of drug-likeness (QED) is 0.730. The summed E-state index contributed by atoms with van der Waals surface area (Å²) in [6, 6.07) is 0. The third-order valence-electron chi connectivity index (χ3n) is 2.44. The van der Waals surface area contributed by atoms with Gasteiger partial charge in [-0.15, -0.1) is 0 Å². The monoisotopic (exact) mass is 183 g/mol. The van der Waals surface area contributed by atoms with Crippen molar-refractivity contribution in [1.82, 2.24) is 15.5 Å². The third kappa shape index (κ3) is 1.39. The maximum absolute atomic E-state index is 4.87. The first-order valence-electron chi connectivity index (χ1n) is 4.38. The summed E-state index contributed by atoms with van der Waals surface area (Å²) in [5.41, 5.74) is -0.139. The Labute approximate surface area is 76.5 Å². The Morgan fingerprint density at radius 1 is 1.62 bits per heavy atom. The van der Waals surface area contributed by atoms with Gasteiger partial charge >= 0.3 is 6.08 Å². The molecule has 1 aliphatic heterocycles. The van der Waals surface area contributed by atoms with Crippen LogP contribution in [0.15, 0.2) is 4.52 Å². The predicted molar refractivity (Wildman–Crippen MR) is 45.4 cm³/mol. The molecule has 1 N–H and O–H groups in total. The molecular weight excluding hydrogens is 170 g/mol. The maximum atomic E-state index is 4.87. The number of methoxy groups -OCH3 is 1. The molecule has 2 heterocycles. The van der Waals surface area contributed by atoms with Gasteiger partial charge in [-0.2, -0.15) is 4.98 Å². The van der Waals surface area contributed by atoms with Crippen molar-refractivity contribution in [1.29, 1.82) is 0 Å². The largest absolute Gasteiger partial charge is 0.452 e. The number of rotatable bonds is 2. The zero-order valence-corrected chi connectivity index (χ0v) is 7.83. The van der Waals surface area contributed by atoms with Gasteiger partial charge in [-0.05, 0) is 26.3 Å². The molecule has 2 rings (SSSR count). The van der Waals surface area contributed by atoms with Crippen LogP contribution in [-0.2, 0) is 5.54 Å². The van der Waals surface area contributed by atoms with E-state index in [-0.39, 0.29) is 11.6 Å². The van der Waals surface area contributed by atoms with Gasteiger partial charge in [0, 0.05) is 0 Å². The molecule has 5 heteroatoms. The van der Waals surface area contributed by atoms with Crippen molar-refractivity contribution >= 4 is 0 Å². The molecule has 13 heavy (non-hydrogen) atoms. The molecule has 0 aromatic carbocycles. The summed E-state index contributed by atoms with van der Waals surface area (Å²) in [4.78, 5) is 4.12. The SMILES string of the molecule is COc1nc(C2(C)CCCN2)no1. The fraction of sp³-hybridized carbons (Fsp3) is 0.750. The number of nitrogens with one attached hydrogen (secondary N) is 1. The molecule has 0 radical (unpaired) electrons. The lowest BCUT2D eigenvalue weighted by molar-refractivity contribution is 0.247. The van der Waals surface area contributed by atoms with Crippen LogP contribution < -0.4 is 10.1 Å². The van der Waals surface area contributed by atoms with Crippen molar-refractivity contribution in [2.45, 2.75) is 25.3 Å². The molecule has 1 atom stereocenters. The van der Waals surface area contributed by atoms with E-state index < -0.39 is 0 Å². The summed E-state index contributed by atoms with van der Waals surface area (Å²) < 4.78 is 9.70. The van der Waals surface area contributed by atoms with E-state index in [0.29, 0.717) is 5.82 Å². The second-order valence-corrected chi connectivity index (χ2v) is 3.45. The van der Waals surface area contributed by atoms with Crippen molar-refractivity contribution in [2.75, 3.05) is 13.7 Å². The first-order valence-corrected chi connectivity index (χ1v) is 4.38. The minimum absolute atomic E-state index is 0.139. The Morgan fingerprint density at radius 3 is 3.00 bits per heavy atom. The maximum Gasteiger partial charge on any atom is 0.417 e. The van der Waals surface area contributed by atoms with Crippen LogP contribution in [0.25, 0.3) is 0 Å². The van der Waals surface area contributed by atoms with Crippen LogP contribution in [0.1, 0.15) is 25.6 Å². The molecule has 1 aliphatic rings. The predicted octanol–water partition coefficient (Wildman–Crippen LogP) is 0.677. The molecular formula is C8H13N3O2. The molecule has 0 bridgehead atoms. The van der Waals surface area contributed by atoms with Crippen molar-refractivity contribution in [2.24, 2.45) is 0 Å². The molecule has 1 saturated heterocycles. The Balaban J connectivity index is 2.23. The summed E-state index contributed by atoms with van der Waals surface area (Å²) in [7, 11) is 1.52. The molecule has 0 spiro atoms. The summed E-state index contributed by atoms with van der Waals surface area (Å²) in [5.74, 6) is 0.682. The lowest BCUT2D eigenvalue weighted by Gasteiger charge is -2.18. The molecule has 1 unspecified atom stereocenters. The molecule has 0 amide bonds. The van der Waals surface area contributed by atoms with E-state index >= 15 is 0 Å². The standard InChI is InChI=1S/C8H13N3O2/c1-8(4-3-5-9-8)6-10-7(12-2)13-11-6/h9H,3-5H2,1-2H3. The van der Waals surface area contributed by atoms with E-state index in [2.05, 4.69) is 22.4 Å². The van der Waals surface area contributed by atoms with Crippen LogP contribution >= 0.6 is 0 Å². The van der Waals surface area contributed by atoms with Crippen molar-refractivity contribution in [3.05, 3.63) is 5.82 Å². The van der Waals surface area contributed by atoms with E-state index in [0.717, 1.165) is 19.4 Å². The summed E-state index contributed by atoms with van der Waals surface area (Å²) in [6.07, 6.45) is 2.41. The highest BCUT2D eigenvalue weighted by atomic mass is 16.6. The second-order valence-electron chi connectivity index (χ2n) is 3.45. The summed E-state index contributed by atoms with van der Waals surface area (Å²) in [6.45, 7) is 3.08. The van der Waals surface area contributed by atoms with Gasteiger partial charge in [-0.1, -0.05) is 5.16 Å². The van der Waals surface area contributed by atoms with Crippen LogP contribution in [-0.4, -0.2) is 23.8 Å². The van der Waals surface area contributed by atoms with Gasteiger partial charge in [0.2, 0.25) is 0 Å². The highest BCUT2D eigenvalue weighted by Gasteiger charge is 2.34. The van der Waals surface area contributed by atoms with Gasteiger partial charge in [0.05, 0.1) is 12.6 Å². The summed E-state index contributed by atoms with van der Waals surface area (Å²) >= 11 is 0. The third-order valence-corrected chi connectivity index (χ3v) is 2.44. The van der Waals surface area contributed by atoms with E-state index in [1.54, 1.807) is 0 Å². The van der Waals surface area contributed by atoms with Crippen molar-refractivity contribution in [3.63, 3.8) is 0 Å². The van der Waals surface area contributed by atoms with Gasteiger partial charge in [0.25, 0.3) is 0 Å². The topological polar surface area (TPSA) is 60.2 Å². The number of hydrogen-bond donors (Lipinski definition) is 1. The van der Waals surface area contributed by atoms with Crippen LogP contribution in [0, 0.1) is 0 Å². The van der Waals surface area contributed by atoms with Crippen LogP contribution in [0.4, 0.5) is 0 Å². The average Bonchev–Trinajstić information content (AvgIpc) is 2.72. The van der Waals surface area contributed by atoms with Crippen LogP contribution in [0.2, 0.25) is 0 Å². The zero-order chi connectivity index (χ0) is 9.31. The number of hydrogen-bond acceptors (Lipinski definition) is 5.